The first-order valence-corrected chi connectivity index (χ1v) is 16.0. The molecule has 0 radical (unpaired) electrons. The summed E-state index contributed by atoms with van der Waals surface area (Å²) in [4.78, 5) is 10.3. The van der Waals surface area contributed by atoms with E-state index in [1.165, 1.54) is 36.3 Å². The van der Waals surface area contributed by atoms with E-state index in [-0.39, 0.29) is 0 Å². The Labute approximate surface area is 262 Å². The lowest BCUT2D eigenvalue weighted by Crippen LogP contribution is -2.59. The second kappa shape index (κ2) is 14.1. The van der Waals surface area contributed by atoms with Crippen LogP contribution in [0.1, 0.15) is 57.0 Å². The quantitative estimate of drug-likeness (QED) is 0.172. The van der Waals surface area contributed by atoms with Crippen LogP contribution < -0.4 is 9.13 Å². The van der Waals surface area contributed by atoms with Crippen molar-refractivity contribution in [2.45, 2.75) is 70.7 Å². The van der Waals surface area contributed by atoms with Gasteiger partial charge in [0.05, 0.1) is 39.0 Å². The molecule has 2 aromatic heterocycles. The van der Waals surface area contributed by atoms with Gasteiger partial charge in [-0.1, -0.05) is 67.1 Å². The molecule has 2 aliphatic heterocycles. The topological polar surface area (TPSA) is 49.9 Å². The average molecular weight is 590 g/mol. The Morgan fingerprint density at radius 3 is 2.57 bits per heavy atom. The van der Waals surface area contributed by atoms with Gasteiger partial charge in [-0.3, -0.25) is 9.80 Å². The fourth-order valence-corrected chi connectivity index (χ4v) is 6.91. The van der Waals surface area contributed by atoms with Crippen LogP contribution in [0.2, 0.25) is 0 Å². The van der Waals surface area contributed by atoms with Crippen molar-refractivity contribution in [2.24, 2.45) is 4.99 Å². The van der Waals surface area contributed by atoms with Gasteiger partial charge in [0, 0.05) is 36.3 Å². The summed E-state index contributed by atoms with van der Waals surface area (Å²) in [6, 6.07) is 24.4. The Bertz CT molecular complexity index is 1540. The number of benzene rings is 1. The molecular formula is C37H45N6O+. The van der Waals surface area contributed by atoms with Gasteiger partial charge >= 0.3 is 0 Å². The molecule has 0 saturated heterocycles. The first-order valence-electron chi connectivity index (χ1n) is 16.0. The van der Waals surface area contributed by atoms with Gasteiger partial charge in [0.2, 0.25) is 11.6 Å². The van der Waals surface area contributed by atoms with Crippen LogP contribution in [-0.2, 0) is 17.8 Å². The Balaban J connectivity index is 1.36. The molecule has 7 nitrogen and oxygen atoms in total. The molecule has 0 bridgehead atoms. The predicted molar refractivity (Wildman–Crippen MR) is 176 cm³/mol. The molecule has 3 aliphatic rings. The van der Waals surface area contributed by atoms with Gasteiger partial charge < -0.3 is 10.1 Å². The molecule has 6 rings (SSSR count). The van der Waals surface area contributed by atoms with Crippen molar-refractivity contribution in [3.05, 3.63) is 126 Å². The number of rotatable bonds is 8. The van der Waals surface area contributed by atoms with E-state index < -0.39 is 0 Å². The van der Waals surface area contributed by atoms with Crippen LogP contribution in [0, 0.1) is 0 Å². The van der Waals surface area contributed by atoms with Gasteiger partial charge in [-0.05, 0) is 38.8 Å². The third-order valence-corrected chi connectivity index (χ3v) is 9.03. The van der Waals surface area contributed by atoms with Crippen molar-refractivity contribution in [2.75, 3.05) is 20.2 Å². The van der Waals surface area contributed by atoms with Crippen LogP contribution in [-0.4, -0.2) is 48.0 Å². The number of aliphatic imine (C=N–C) groups is 1. The third-order valence-electron chi connectivity index (χ3n) is 9.03. The third kappa shape index (κ3) is 6.85. The lowest BCUT2D eigenvalue weighted by atomic mass is 9.87. The van der Waals surface area contributed by atoms with Crippen molar-refractivity contribution in [1.29, 1.82) is 0 Å². The molecule has 1 saturated carbocycles. The SMILES string of the molecule is COC(CN(Cc1cccc[n+]1C(C)C)C1CCCC[C@@H]1N1CC(=C2C=CC=C[N-]2)[n+]2ccccc2C1)=Nc1ccccc1. The fourth-order valence-electron chi connectivity index (χ4n) is 6.91. The van der Waals surface area contributed by atoms with Gasteiger partial charge in [-0.25, -0.2) is 4.99 Å². The van der Waals surface area contributed by atoms with Gasteiger partial charge in [0.25, 0.3) is 0 Å². The summed E-state index contributed by atoms with van der Waals surface area (Å²) in [6.45, 7) is 7.76. The molecule has 4 heterocycles. The summed E-state index contributed by atoms with van der Waals surface area (Å²) in [5.41, 5.74) is 5.81. The molecule has 7 heteroatoms. The van der Waals surface area contributed by atoms with Crippen molar-refractivity contribution < 1.29 is 13.9 Å². The Morgan fingerprint density at radius 2 is 1.77 bits per heavy atom. The van der Waals surface area contributed by atoms with E-state index in [1.807, 2.05) is 42.6 Å². The minimum atomic E-state index is 0.348. The van der Waals surface area contributed by atoms with E-state index in [0.29, 0.717) is 24.7 Å². The van der Waals surface area contributed by atoms with Crippen molar-refractivity contribution in [3.63, 3.8) is 0 Å². The van der Waals surface area contributed by atoms with Crippen molar-refractivity contribution in [3.8, 4) is 0 Å². The van der Waals surface area contributed by atoms with E-state index in [4.69, 9.17) is 15.0 Å². The number of ether oxygens (including phenoxy) is 1. The van der Waals surface area contributed by atoms with E-state index in [0.717, 1.165) is 43.3 Å². The molecule has 0 N–H and O–H groups in total. The molecule has 1 aromatic carbocycles. The monoisotopic (exact) mass is 589 g/mol. The standard InChI is InChI=1S/C37H45N6O/c1-29(2)42-23-13-10-17-31(42)25-41(28-37(44-3)39-30-15-5-4-6-16-30)35-21-8-7-20-34(35)40-26-32-18-11-14-24-43(32)36(27-40)33-19-9-12-22-38-33/h4-6,9-19,22-24,29,34-35H,7-8,20-21,25-28H2,1-3H3/q+1/t34-,35?/m0/s1. The lowest BCUT2D eigenvalue weighted by Gasteiger charge is -2.45. The highest BCUT2D eigenvalue weighted by Crippen LogP contribution is 2.32. The number of hydrogen-bond acceptors (Lipinski definition) is 4. The number of para-hydroxylation sites is 1. The Hall–Kier alpha value is -4.07. The smallest absolute Gasteiger partial charge is 0.202 e. The van der Waals surface area contributed by atoms with Crippen molar-refractivity contribution in [1.82, 2.24) is 9.80 Å². The molecule has 2 atom stereocenters. The minimum absolute atomic E-state index is 0.348. The molecule has 3 aromatic rings. The number of fused-ring (bicyclic) bond motifs is 1. The van der Waals surface area contributed by atoms with E-state index in [9.17, 15) is 0 Å². The summed E-state index contributed by atoms with van der Waals surface area (Å²) < 4.78 is 10.7. The van der Waals surface area contributed by atoms with Crippen LogP contribution in [0.25, 0.3) is 11.0 Å². The number of methoxy groups -OCH3 is 1. The zero-order valence-corrected chi connectivity index (χ0v) is 26.3. The molecule has 1 unspecified atom stereocenters. The zero-order chi connectivity index (χ0) is 30.3. The van der Waals surface area contributed by atoms with Crippen LogP contribution in [0.15, 0.2) is 114 Å². The minimum Gasteiger partial charge on any atom is -0.659 e. The summed E-state index contributed by atoms with van der Waals surface area (Å²) in [5.74, 6) is 0.743. The largest absolute Gasteiger partial charge is 0.659 e. The normalized spacial score (nSPS) is 22.2. The Morgan fingerprint density at radius 1 is 0.977 bits per heavy atom. The number of aromatic nitrogens is 2. The molecule has 1 aliphatic carbocycles. The number of pyridine rings is 2. The highest BCUT2D eigenvalue weighted by atomic mass is 16.5. The summed E-state index contributed by atoms with van der Waals surface area (Å²) >= 11 is 0. The number of allylic oxidation sites excluding steroid dienone is 3. The van der Waals surface area contributed by atoms with E-state index >= 15 is 0 Å². The first-order chi connectivity index (χ1) is 21.6. The van der Waals surface area contributed by atoms with E-state index in [2.05, 4.69) is 93.7 Å². The highest BCUT2D eigenvalue weighted by molar-refractivity contribution is 5.81. The number of hydrogen-bond donors (Lipinski definition) is 0. The average Bonchev–Trinajstić information content (AvgIpc) is 3.08. The van der Waals surface area contributed by atoms with Gasteiger partial charge in [-0.15, -0.1) is 0 Å². The molecule has 1 fully saturated rings. The van der Waals surface area contributed by atoms with Crippen LogP contribution >= 0.6 is 0 Å². The number of nitrogens with zero attached hydrogens (tertiary/aromatic N) is 6. The van der Waals surface area contributed by atoms with Crippen molar-refractivity contribution >= 4 is 17.3 Å². The van der Waals surface area contributed by atoms with Crippen LogP contribution in [0.5, 0.6) is 0 Å². The maximum atomic E-state index is 5.97. The molecule has 0 amide bonds. The fraction of sp³-hybridized carbons (Fsp3) is 0.378. The van der Waals surface area contributed by atoms with Gasteiger partial charge in [0.1, 0.15) is 0 Å². The predicted octanol–water partition coefficient (Wildman–Crippen LogP) is 6.47. The maximum Gasteiger partial charge on any atom is 0.202 e. The maximum absolute atomic E-state index is 5.97. The second-order valence-electron chi connectivity index (χ2n) is 12.2. The highest BCUT2D eigenvalue weighted by Gasteiger charge is 2.40. The van der Waals surface area contributed by atoms with Crippen LogP contribution in [0.4, 0.5) is 5.69 Å². The molecule has 228 valence electrons. The lowest BCUT2D eigenvalue weighted by molar-refractivity contribution is -0.724. The second-order valence-corrected chi connectivity index (χ2v) is 12.2. The van der Waals surface area contributed by atoms with E-state index in [1.54, 1.807) is 7.11 Å². The Kier molecular flexibility index (Phi) is 9.64. The molecule has 44 heavy (non-hydrogen) atoms. The molecule has 0 spiro atoms. The zero-order valence-electron chi connectivity index (χ0n) is 26.3. The van der Waals surface area contributed by atoms with Crippen LogP contribution in [0.3, 0.4) is 0 Å². The van der Waals surface area contributed by atoms with Gasteiger partial charge in [0.15, 0.2) is 29.8 Å². The summed E-state index contributed by atoms with van der Waals surface area (Å²) in [6.07, 6.45) is 17.3. The van der Waals surface area contributed by atoms with Gasteiger partial charge in [-0.2, -0.15) is 15.3 Å². The summed E-state index contributed by atoms with van der Waals surface area (Å²) in [5, 5.41) is 4.78. The first kappa shape index (κ1) is 30.0. The summed E-state index contributed by atoms with van der Waals surface area (Å²) in [7, 11) is 1.75. The molecular weight excluding hydrogens is 544 g/mol.